The molecular formula is C29H42N4O2. The van der Waals surface area contributed by atoms with E-state index in [0.29, 0.717) is 24.1 Å². The van der Waals surface area contributed by atoms with Crippen molar-refractivity contribution in [3.8, 4) is 0 Å². The molecule has 1 aliphatic rings. The summed E-state index contributed by atoms with van der Waals surface area (Å²) >= 11 is 0. The normalized spacial score (nSPS) is 16.0. The molecule has 0 aliphatic heterocycles. The zero-order valence-electron chi connectivity index (χ0n) is 21.6. The van der Waals surface area contributed by atoms with Crippen molar-refractivity contribution in [2.75, 3.05) is 20.1 Å². The highest BCUT2D eigenvalue weighted by Crippen LogP contribution is 2.33. The number of amides is 1. The van der Waals surface area contributed by atoms with Gasteiger partial charge in [-0.3, -0.25) is 9.78 Å². The Balaban J connectivity index is 1.86. The number of benzene rings is 1. The number of aliphatic hydroxyl groups is 1. The van der Waals surface area contributed by atoms with Gasteiger partial charge in [-0.15, -0.1) is 0 Å². The van der Waals surface area contributed by atoms with E-state index in [1.54, 1.807) is 6.20 Å². The summed E-state index contributed by atoms with van der Waals surface area (Å²) in [5.41, 5.74) is 10.8. The molecule has 0 saturated heterocycles. The highest BCUT2D eigenvalue weighted by Gasteiger charge is 2.24. The van der Waals surface area contributed by atoms with E-state index in [2.05, 4.69) is 59.8 Å². The maximum atomic E-state index is 12.5. The molecule has 1 aliphatic carbocycles. The molecule has 190 valence electrons. The van der Waals surface area contributed by atoms with Crippen molar-refractivity contribution in [3.05, 3.63) is 70.2 Å². The van der Waals surface area contributed by atoms with Crippen molar-refractivity contribution >= 4 is 11.7 Å². The van der Waals surface area contributed by atoms with E-state index in [0.717, 1.165) is 36.9 Å². The Morgan fingerprint density at radius 3 is 2.54 bits per heavy atom. The fourth-order valence-corrected chi connectivity index (χ4v) is 4.98. The van der Waals surface area contributed by atoms with Crippen LogP contribution in [0.1, 0.15) is 73.4 Å². The second kappa shape index (κ2) is 13.3. The van der Waals surface area contributed by atoms with E-state index in [4.69, 9.17) is 5.73 Å². The number of aliphatic hydroxyl groups excluding tert-OH is 1. The van der Waals surface area contributed by atoms with Gasteiger partial charge < -0.3 is 21.5 Å². The summed E-state index contributed by atoms with van der Waals surface area (Å²) in [7, 11) is 1.87. The van der Waals surface area contributed by atoms with Gasteiger partial charge in [-0.1, -0.05) is 74.9 Å². The number of pyridine rings is 1. The van der Waals surface area contributed by atoms with Crippen molar-refractivity contribution in [1.29, 1.82) is 0 Å². The minimum atomic E-state index is -0.463. The lowest BCUT2D eigenvalue weighted by atomic mass is 9.78. The van der Waals surface area contributed by atoms with Gasteiger partial charge >= 0.3 is 0 Å². The average molecular weight is 479 g/mol. The van der Waals surface area contributed by atoms with Crippen LogP contribution in [0.2, 0.25) is 0 Å². The molecule has 1 atom stereocenters. The highest BCUT2D eigenvalue weighted by atomic mass is 16.3. The molecule has 1 unspecified atom stereocenters. The van der Waals surface area contributed by atoms with E-state index >= 15 is 0 Å². The standard InChI is InChI=1S/C29H42N4O2/c1-20-10-12-22(13-11-20)17-23-18-25(16-21(2)24-8-5-4-6-9-24)27(33-19-23)28(34)26(30)29(35)32-15-7-14-31-3/h10-13,18-19,21,24,31,34H,4-9,14-17,30H2,1-3H3,(H,32,35)/b28-26+. The first-order chi connectivity index (χ1) is 16.9. The summed E-state index contributed by atoms with van der Waals surface area (Å²) < 4.78 is 0. The van der Waals surface area contributed by atoms with Gasteiger partial charge in [0.1, 0.15) is 11.4 Å². The maximum Gasteiger partial charge on any atom is 0.271 e. The number of hydrogen-bond donors (Lipinski definition) is 4. The Kier molecular flexibility index (Phi) is 10.2. The van der Waals surface area contributed by atoms with E-state index in [1.165, 1.54) is 43.2 Å². The second-order valence-electron chi connectivity index (χ2n) is 10.1. The van der Waals surface area contributed by atoms with Crippen LogP contribution >= 0.6 is 0 Å². The van der Waals surface area contributed by atoms with E-state index in [9.17, 15) is 9.90 Å². The van der Waals surface area contributed by atoms with E-state index in [-0.39, 0.29) is 11.5 Å². The van der Waals surface area contributed by atoms with Gasteiger partial charge in [0.25, 0.3) is 5.91 Å². The minimum Gasteiger partial charge on any atom is -0.504 e. The van der Waals surface area contributed by atoms with Crippen molar-refractivity contribution in [1.82, 2.24) is 15.6 Å². The number of carbonyl (C=O) groups is 1. The zero-order valence-corrected chi connectivity index (χ0v) is 21.6. The largest absolute Gasteiger partial charge is 0.504 e. The van der Waals surface area contributed by atoms with Crippen LogP contribution in [-0.4, -0.2) is 36.1 Å². The summed E-state index contributed by atoms with van der Waals surface area (Å²) in [6, 6.07) is 10.7. The number of carbonyl (C=O) groups excluding carboxylic acids is 1. The molecule has 1 heterocycles. The van der Waals surface area contributed by atoms with Crippen LogP contribution in [0.15, 0.2) is 42.2 Å². The zero-order chi connectivity index (χ0) is 25.2. The van der Waals surface area contributed by atoms with Crippen molar-refractivity contribution in [2.45, 2.75) is 65.2 Å². The summed E-state index contributed by atoms with van der Waals surface area (Å²) in [4.78, 5) is 17.2. The number of nitrogens with one attached hydrogen (secondary N) is 2. The number of rotatable bonds is 11. The third-order valence-electron chi connectivity index (χ3n) is 7.16. The summed E-state index contributed by atoms with van der Waals surface area (Å²) in [5, 5.41) is 16.8. The van der Waals surface area contributed by atoms with Gasteiger partial charge in [-0.05, 0) is 68.3 Å². The predicted octanol–water partition coefficient (Wildman–Crippen LogP) is 4.65. The molecule has 1 aromatic carbocycles. The smallest absolute Gasteiger partial charge is 0.271 e. The Hall–Kier alpha value is -2.86. The van der Waals surface area contributed by atoms with Crippen molar-refractivity contribution in [2.24, 2.45) is 17.6 Å². The number of aryl methyl sites for hydroxylation is 1. The molecule has 1 amide bonds. The van der Waals surface area contributed by atoms with Gasteiger partial charge in [0.15, 0.2) is 5.76 Å². The average Bonchev–Trinajstić information content (AvgIpc) is 2.87. The van der Waals surface area contributed by atoms with Crippen LogP contribution in [-0.2, 0) is 17.6 Å². The first-order valence-corrected chi connectivity index (χ1v) is 13.0. The lowest BCUT2D eigenvalue weighted by molar-refractivity contribution is -0.117. The van der Waals surface area contributed by atoms with Crippen LogP contribution in [0.4, 0.5) is 0 Å². The Labute approximate surface area is 210 Å². The van der Waals surface area contributed by atoms with Gasteiger partial charge in [-0.2, -0.15) is 0 Å². The topological polar surface area (TPSA) is 100 Å². The van der Waals surface area contributed by atoms with E-state index < -0.39 is 5.91 Å². The Morgan fingerprint density at radius 1 is 1.14 bits per heavy atom. The molecule has 6 nitrogen and oxygen atoms in total. The van der Waals surface area contributed by atoms with Crippen LogP contribution < -0.4 is 16.4 Å². The first kappa shape index (κ1) is 26.7. The van der Waals surface area contributed by atoms with Gasteiger partial charge in [0, 0.05) is 12.7 Å². The molecule has 2 aromatic rings. The number of hydrogen-bond acceptors (Lipinski definition) is 5. The molecule has 35 heavy (non-hydrogen) atoms. The molecule has 0 radical (unpaired) electrons. The van der Waals surface area contributed by atoms with Crippen LogP contribution in [0.25, 0.3) is 5.76 Å². The fraction of sp³-hybridized carbons (Fsp3) is 0.517. The maximum absolute atomic E-state index is 12.5. The molecular weight excluding hydrogens is 436 g/mol. The van der Waals surface area contributed by atoms with Gasteiger partial charge in [-0.25, -0.2) is 0 Å². The molecule has 6 heteroatoms. The molecule has 1 saturated carbocycles. The Morgan fingerprint density at radius 2 is 1.86 bits per heavy atom. The molecule has 1 aromatic heterocycles. The quantitative estimate of drug-likeness (QED) is 0.214. The summed E-state index contributed by atoms with van der Waals surface area (Å²) in [6.07, 6.45) is 10.6. The highest BCUT2D eigenvalue weighted by molar-refractivity contribution is 5.98. The lowest BCUT2D eigenvalue weighted by Gasteiger charge is -2.28. The third-order valence-corrected chi connectivity index (χ3v) is 7.16. The van der Waals surface area contributed by atoms with Gasteiger partial charge in [0.2, 0.25) is 0 Å². The monoisotopic (exact) mass is 478 g/mol. The molecule has 5 N–H and O–H groups in total. The second-order valence-corrected chi connectivity index (χ2v) is 10.1. The fourth-order valence-electron chi connectivity index (χ4n) is 4.98. The molecule has 1 fully saturated rings. The van der Waals surface area contributed by atoms with Gasteiger partial charge in [0.05, 0.1) is 0 Å². The molecule has 3 rings (SSSR count). The summed E-state index contributed by atoms with van der Waals surface area (Å²) in [6.45, 7) is 5.66. The predicted molar refractivity (Wildman–Crippen MR) is 143 cm³/mol. The summed E-state index contributed by atoms with van der Waals surface area (Å²) in [5.74, 6) is 0.449. The SMILES string of the molecule is CNCCCNC(=O)/C(N)=C(\O)c1ncc(Cc2ccc(C)cc2)cc1CC(C)C1CCCCC1. The number of nitrogens with two attached hydrogens (primary N) is 1. The lowest BCUT2D eigenvalue weighted by Crippen LogP contribution is -2.31. The Bertz CT molecular complexity index is 994. The van der Waals surface area contributed by atoms with Crippen LogP contribution in [0.3, 0.4) is 0 Å². The molecule has 0 bridgehead atoms. The van der Waals surface area contributed by atoms with E-state index in [1.807, 2.05) is 7.05 Å². The first-order valence-electron chi connectivity index (χ1n) is 13.0. The minimum absolute atomic E-state index is 0.181. The van der Waals surface area contributed by atoms with Crippen molar-refractivity contribution in [3.63, 3.8) is 0 Å². The third kappa shape index (κ3) is 7.82. The number of nitrogens with zero attached hydrogens (tertiary/aromatic N) is 1. The molecule has 0 spiro atoms. The van der Waals surface area contributed by atoms with Crippen LogP contribution in [0, 0.1) is 18.8 Å². The van der Waals surface area contributed by atoms with Crippen molar-refractivity contribution < 1.29 is 9.90 Å². The van der Waals surface area contributed by atoms with Crippen LogP contribution in [0.5, 0.6) is 0 Å². The number of aromatic nitrogens is 1.